The zero-order valence-corrected chi connectivity index (χ0v) is 7.92. The van der Waals surface area contributed by atoms with Gasteiger partial charge >= 0.3 is 14.8 Å². The summed E-state index contributed by atoms with van der Waals surface area (Å²) in [6, 6.07) is 4.94. The van der Waals surface area contributed by atoms with Crippen molar-refractivity contribution in [2.75, 3.05) is 13.2 Å². The molecule has 0 bridgehead atoms. The van der Waals surface area contributed by atoms with E-state index in [1.807, 2.05) is 0 Å². The summed E-state index contributed by atoms with van der Waals surface area (Å²) in [4.78, 5) is 0. The zero-order chi connectivity index (χ0) is 10.7. The molecule has 1 heterocycles. The third-order valence-electron chi connectivity index (χ3n) is 2.04. The van der Waals surface area contributed by atoms with E-state index in [0.29, 0.717) is 37.9 Å². The number of benzene rings is 1. The van der Waals surface area contributed by atoms with Crippen molar-refractivity contribution in [3.63, 3.8) is 0 Å². The minimum Gasteiger partial charge on any atom is -0.486 e. The lowest BCUT2D eigenvalue weighted by molar-refractivity contribution is 0.171. The average molecular weight is 207 g/mol. The predicted molar refractivity (Wildman–Crippen MR) is 54.1 cm³/mol. The maximum Gasteiger partial charge on any atom is 0.477 e. The van der Waals surface area contributed by atoms with E-state index in [4.69, 9.17) is 14.5 Å². The first kappa shape index (κ1) is 10.4. The first-order valence-corrected chi connectivity index (χ1v) is 4.50. The smallest absolute Gasteiger partial charge is 0.477 e. The summed E-state index contributed by atoms with van der Waals surface area (Å²) in [5.74, 6) is 1.21. The van der Waals surface area contributed by atoms with Crippen LogP contribution in [0.2, 0.25) is 0 Å². The highest BCUT2D eigenvalue weighted by molar-refractivity contribution is 6.64. The van der Waals surface area contributed by atoms with E-state index in [1.54, 1.807) is 18.2 Å². The largest absolute Gasteiger partial charge is 0.486 e. The standard InChI is InChI=1S/C8H9B2O5/c11-9-15-10(12)6-1-2-7-8(5-6)14-4-3-13-7/h1-2,5,11-12H,3-4H2. The summed E-state index contributed by atoms with van der Waals surface area (Å²) < 4.78 is 15.2. The maximum atomic E-state index is 9.41. The quantitative estimate of drug-likeness (QED) is 0.602. The van der Waals surface area contributed by atoms with Gasteiger partial charge < -0.3 is 24.1 Å². The van der Waals surface area contributed by atoms with E-state index in [2.05, 4.69) is 4.57 Å². The highest BCUT2D eigenvalue weighted by Gasteiger charge is 2.20. The monoisotopic (exact) mass is 207 g/mol. The highest BCUT2D eigenvalue weighted by atomic mass is 16.6. The molecule has 0 saturated carbocycles. The van der Waals surface area contributed by atoms with Crippen LogP contribution < -0.4 is 14.9 Å². The predicted octanol–water partition coefficient (Wildman–Crippen LogP) is -1.31. The van der Waals surface area contributed by atoms with E-state index >= 15 is 0 Å². The molecule has 1 aliphatic heterocycles. The van der Waals surface area contributed by atoms with Gasteiger partial charge in [0, 0.05) is 0 Å². The normalized spacial score (nSPS) is 13.5. The summed E-state index contributed by atoms with van der Waals surface area (Å²) in [7, 11) is -0.757. The molecule has 7 heteroatoms. The molecule has 1 radical (unpaired) electrons. The van der Waals surface area contributed by atoms with Crippen LogP contribution in [0.3, 0.4) is 0 Å². The Morgan fingerprint density at radius 3 is 2.73 bits per heavy atom. The van der Waals surface area contributed by atoms with Gasteiger partial charge in [0.25, 0.3) is 0 Å². The van der Waals surface area contributed by atoms with Crippen LogP contribution in [-0.4, -0.2) is 38.1 Å². The second kappa shape index (κ2) is 4.57. The fraction of sp³-hybridized carbons (Fsp3) is 0.250. The van der Waals surface area contributed by atoms with E-state index in [-0.39, 0.29) is 0 Å². The molecule has 0 unspecified atom stereocenters. The van der Waals surface area contributed by atoms with Gasteiger partial charge in [0.1, 0.15) is 13.2 Å². The van der Waals surface area contributed by atoms with E-state index < -0.39 is 7.12 Å². The summed E-state index contributed by atoms with van der Waals surface area (Å²) >= 11 is 0. The van der Waals surface area contributed by atoms with Crippen LogP contribution in [0.25, 0.3) is 0 Å². The SMILES string of the molecule is O[B]OB(O)c1ccc2c(c1)OCCO2. The topological polar surface area (TPSA) is 68.2 Å². The third kappa shape index (κ3) is 2.26. The summed E-state index contributed by atoms with van der Waals surface area (Å²) in [6.45, 7) is 1.01. The molecule has 5 nitrogen and oxygen atoms in total. The number of hydrogen-bond donors (Lipinski definition) is 2. The Kier molecular flexibility index (Phi) is 3.15. The first-order valence-electron chi connectivity index (χ1n) is 4.50. The molecule has 0 spiro atoms. The van der Waals surface area contributed by atoms with Crippen molar-refractivity contribution in [3.8, 4) is 11.5 Å². The molecule has 0 fully saturated rings. The van der Waals surface area contributed by atoms with Crippen LogP contribution in [0.5, 0.6) is 11.5 Å². The minimum absolute atomic E-state index is 0.446. The van der Waals surface area contributed by atoms with E-state index in [9.17, 15) is 5.02 Å². The molecule has 0 aliphatic carbocycles. The van der Waals surface area contributed by atoms with Gasteiger partial charge in [-0.15, -0.1) is 0 Å². The highest BCUT2D eigenvalue weighted by Crippen LogP contribution is 2.28. The van der Waals surface area contributed by atoms with Gasteiger partial charge in [-0.1, -0.05) is 6.07 Å². The van der Waals surface area contributed by atoms with E-state index in [0.717, 1.165) is 0 Å². The van der Waals surface area contributed by atoms with Crippen LogP contribution in [0.4, 0.5) is 0 Å². The van der Waals surface area contributed by atoms with Gasteiger partial charge in [0.2, 0.25) is 0 Å². The molecular weight excluding hydrogens is 198 g/mol. The van der Waals surface area contributed by atoms with Gasteiger partial charge in [-0.3, -0.25) is 0 Å². The van der Waals surface area contributed by atoms with Crippen LogP contribution in [0, 0.1) is 0 Å². The third-order valence-corrected chi connectivity index (χ3v) is 2.04. The summed E-state index contributed by atoms with van der Waals surface area (Å²) in [5, 5.41) is 17.8. The average Bonchev–Trinajstić information content (AvgIpc) is 2.29. The molecule has 15 heavy (non-hydrogen) atoms. The molecule has 1 aliphatic rings. The van der Waals surface area contributed by atoms with Crippen molar-refractivity contribution in [2.24, 2.45) is 0 Å². The molecule has 0 amide bonds. The molecule has 0 atom stereocenters. The lowest BCUT2D eigenvalue weighted by Crippen LogP contribution is -2.35. The number of fused-ring (bicyclic) bond motifs is 1. The molecule has 0 saturated heterocycles. The van der Waals surface area contributed by atoms with Gasteiger partial charge in [-0.05, 0) is 17.6 Å². The molecule has 0 aromatic heterocycles. The zero-order valence-electron chi connectivity index (χ0n) is 7.92. The second-order valence-corrected chi connectivity index (χ2v) is 3.00. The van der Waals surface area contributed by atoms with Crippen molar-refractivity contribution >= 4 is 20.3 Å². The van der Waals surface area contributed by atoms with Crippen molar-refractivity contribution in [1.29, 1.82) is 0 Å². The van der Waals surface area contributed by atoms with Crippen molar-refractivity contribution in [2.45, 2.75) is 0 Å². The summed E-state index contributed by atoms with van der Waals surface area (Å²) in [6.07, 6.45) is 0. The molecule has 77 valence electrons. The fourth-order valence-corrected chi connectivity index (χ4v) is 1.35. The van der Waals surface area contributed by atoms with Crippen LogP contribution >= 0.6 is 0 Å². The lowest BCUT2D eigenvalue weighted by atomic mass is 9.78. The number of ether oxygens (including phenoxy) is 2. The van der Waals surface area contributed by atoms with Gasteiger partial charge in [-0.2, -0.15) is 0 Å². The van der Waals surface area contributed by atoms with Crippen molar-refractivity contribution in [3.05, 3.63) is 18.2 Å². The Morgan fingerprint density at radius 2 is 2.00 bits per heavy atom. The van der Waals surface area contributed by atoms with Gasteiger partial charge in [-0.25, -0.2) is 0 Å². The Hall–Kier alpha value is -1.17. The Morgan fingerprint density at radius 1 is 1.27 bits per heavy atom. The number of hydrogen-bond acceptors (Lipinski definition) is 5. The van der Waals surface area contributed by atoms with Crippen molar-refractivity contribution in [1.82, 2.24) is 0 Å². The molecular formula is C8H9B2O5. The van der Waals surface area contributed by atoms with Crippen LogP contribution in [0.15, 0.2) is 18.2 Å². The summed E-state index contributed by atoms with van der Waals surface area (Å²) in [5.41, 5.74) is 0.490. The van der Waals surface area contributed by atoms with Crippen LogP contribution in [0.1, 0.15) is 0 Å². The molecule has 2 N–H and O–H groups in total. The van der Waals surface area contributed by atoms with Gasteiger partial charge in [0.15, 0.2) is 11.5 Å². The maximum absolute atomic E-state index is 9.41. The minimum atomic E-state index is -1.20. The Labute approximate surface area is 88.0 Å². The number of rotatable bonds is 3. The second-order valence-electron chi connectivity index (χ2n) is 3.00. The van der Waals surface area contributed by atoms with Gasteiger partial charge in [0.05, 0.1) is 0 Å². The molecule has 1 aromatic carbocycles. The Bertz CT molecular complexity index is 346. The van der Waals surface area contributed by atoms with E-state index in [1.165, 1.54) is 0 Å². The fourth-order valence-electron chi connectivity index (χ4n) is 1.35. The molecule has 1 aromatic rings. The van der Waals surface area contributed by atoms with Crippen LogP contribution in [-0.2, 0) is 4.57 Å². The lowest BCUT2D eigenvalue weighted by Gasteiger charge is -2.19. The molecule has 2 rings (SSSR count). The first-order chi connectivity index (χ1) is 7.31. The Balaban J connectivity index is 2.20. The van der Waals surface area contributed by atoms with Crippen molar-refractivity contribution < 1.29 is 24.1 Å².